The first-order chi connectivity index (χ1) is 33.6. The molecule has 2 nitrogen and oxygen atoms in total. The standard InChI is InChI=1S/C64H44F2N2/c65-57-41-49(43-19-7-1-8-20-43)39-55(45-23-11-3-12-24-45)63(57)67(51-27-15-5-16-28-51)59-37-33-47-32-36-54-60(38-34-48-31-35-53(59)61(47)62(48)54)68(52-29-17-6-18-30-52)64-56(46-25-13-4-14-26-46)40-50(42-58(64)66)44-21-9-2-10-22-44/h1,3-9,11-42H,2,10H2. The Morgan fingerprint density at radius 2 is 0.765 bits per heavy atom. The van der Waals surface area contributed by atoms with E-state index in [0.717, 1.165) is 112 Å². The van der Waals surface area contributed by atoms with Crippen LogP contribution >= 0.6 is 0 Å². The number of rotatable bonds is 10. The van der Waals surface area contributed by atoms with Crippen molar-refractivity contribution < 1.29 is 8.78 Å². The minimum Gasteiger partial charge on any atom is -0.307 e. The zero-order valence-corrected chi connectivity index (χ0v) is 37.2. The summed E-state index contributed by atoms with van der Waals surface area (Å²) in [6.45, 7) is 0. The van der Waals surface area contributed by atoms with Gasteiger partial charge in [-0.3, -0.25) is 0 Å². The summed E-state index contributed by atoms with van der Waals surface area (Å²) in [5.41, 5.74) is 11.3. The smallest absolute Gasteiger partial charge is 0.148 e. The molecule has 1 aliphatic rings. The fourth-order valence-corrected chi connectivity index (χ4v) is 10.2. The van der Waals surface area contributed by atoms with Crippen LogP contribution in [0.1, 0.15) is 18.4 Å². The van der Waals surface area contributed by atoms with Crippen molar-refractivity contribution in [2.75, 3.05) is 9.80 Å². The monoisotopic (exact) mass is 878 g/mol. The first-order valence-corrected chi connectivity index (χ1v) is 23.2. The third-order valence-electron chi connectivity index (χ3n) is 13.3. The quantitative estimate of drug-likeness (QED) is 0.126. The van der Waals surface area contributed by atoms with Crippen LogP contribution in [0, 0.1) is 11.6 Å². The molecular weight excluding hydrogens is 835 g/mol. The summed E-state index contributed by atoms with van der Waals surface area (Å²) in [5.74, 6) is -0.648. The second kappa shape index (κ2) is 17.3. The number of nitrogens with zero attached hydrogens (tertiary/aromatic N) is 2. The Morgan fingerprint density at radius 3 is 1.22 bits per heavy atom. The van der Waals surface area contributed by atoms with E-state index in [2.05, 4.69) is 101 Å². The highest BCUT2D eigenvalue weighted by atomic mass is 19.1. The van der Waals surface area contributed by atoms with Crippen LogP contribution in [0.25, 0.3) is 71.3 Å². The molecule has 68 heavy (non-hydrogen) atoms. The highest BCUT2D eigenvalue weighted by Gasteiger charge is 2.28. The average molecular weight is 879 g/mol. The van der Waals surface area contributed by atoms with Gasteiger partial charge in [0.15, 0.2) is 0 Å². The Hall–Kier alpha value is -8.60. The largest absolute Gasteiger partial charge is 0.307 e. The number of halogens is 2. The number of hydrogen-bond acceptors (Lipinski definition) is 2. The third kappa shape index (κ3) is 7.19. The molecule has 0 amide bonds. The van der Waals surface area contributed by atoms with Gasteiger partial charge < -0.3 is 9.80 Å². The minimum atomic E-state index is -0.335. The number of para-hydroxylation sites is 2. The SMILES string of the molecule is Fc1cc(C2=CCCC=C2)cc(-c2ccccc2)c1N(c1ccccc1)c1ccc2ccc3c(N(c4ccccc4)c4c(F)cc(-c5ccccc5)cc4-c4ccccc4)ccc4ccc1c2c43. The van der Waals surface area contributed by atoms with Gasteiger partial charge in [-0.2, -0.15) is 0 Å². The van der Waals surface area contributed by atoms with E-state index in [4.69, 9.17) is 0 Å². The molecule has 0 fully saturated rings. The molecule has 0 aliphatic heterocycles. The van der Waals surface area contributed by atoms with Crippen LogP contribution in [-0.2, 0) is 0 Å². The summed E-state index contributed by atoms with van der Waals surface area (Å²) in [6.07, 6.45) is 8.36. The highest BCUT2D eigenvalue weighted by molar-refractivity contribution is 6.28. The van der Waals surface area contributed by atoms with Gasteiger partial charge in [-0.05, 0) is 128 Å². The number of hydrogen-bond donors (Lipinski definition) is 0. The van der Waals surface area contributed by atoms with Crippen molar-refractivity contribution in [3.63, 3.8) is 0 Å². The Morgan fingerprint density at radius 1 is 0.353 bits per heavy atom. The molecule has 324 valence electrons. The van der Waals surface area contributed by atoms with E-state index in [1.807, 2.05) is 140 Å². The van der Waals surface area contributed by atoms with E-state index in [1.165, 1.54) is 0 Å². The van der Waals surface area contributed by atoms with Crippen LogP contribution in [-0.4, -0.2) is 0 Å². The molecule has 11 aromatic carbocycles. The van der Waals surface area contributed by atoms with Gasteiger partial charge in [-0.15, -0.1) is 0 Å². The molecule has 0 aromatic heterocycles. The predicted octanol–water partition coefficient (Wildman–Crippen LogP) is 18.5. The van der Waals surface area contributed by atoms with Crippen molar-refractivity contribution in [1.82, 2.24) is 0 Å². The molecule has 0 saturated heterocycles. The van der Waals surface area contributed by atoms with E-state index in [9.17, 15) is 0 Å². The maximum absolute atomic E-state index is 17.6. The summed E-state index contributed by atoms with van der Waals surface area (Å²) in [5, 5.41) is 6.13. The van der Waals surface area contributed by atoms with E-state index in [1.54, 1.807) is 12.1 Å². The molecule has 0 heterocycles. The Labute approximate surface area is 395 Å². The maximum Gasteiger partial charge on any atom is 0.148 e. The van der Waals surface area contributed by atoms with E-state index < -0.39 is 0 Å². The second-order valence-electron chi connectivity index (χ2n) is 17.4. The summed E-state index contributed by atoms with van der Waals surface area (Å²) >= 11 is 0. The lowest BCUT2D eigenvalue weighted by molar-refractivity contribution is 0.628. The molecule has 0 atom stereocenters. The van der Waals surface area contributed by atoms with Crippen molar-refractivity contribution in [3.8, 4) is 33.4 Å². The topological polar surface area (TPSA) is 6.48 Å². The molecular formula is C64H44F2N2. The molecule has 1 aliphatic carbocycles. The molecule has 0 saturated carbocycles. The summed E-state index contributed by atoms with van der Waals surface area (Å²) < 4.78 is 35.2. The van der Waals surface area contributed by atoms with Crippen molar-refractivity contribution in [2.24, 2.45) is 0 Å². The van der Waals surface area contributed by atoms with Gasteiger partial charge in [0.05, 0.1) is 22.7 Å². The molecule has 4 heteroatoms. The average Bonchev–Trinajstić information content (AvgIpc) is 3.41. The van der Waals surface area contributed by atoms with E-state index >= 15 is 8.78 Å². The van der Waals surface area contributed by atoms with Gasteiger partial charge in [-0.1, -0.05) is 182 Å². The predicted molar refractivity (Wildman–Crippen MR) is 282 cm³/mol. The molecule has 12 rings (SSSR count). The lowest BCUT2D eigenvalue weighted by Crippen LogP contribution is -2.15. The van der Waals surface area contributed by atoms with Crippen LogP contribution in [0.2, 0.25) is 0 Å². The first-order valence-electron chi connectivity index (χ1n) is 23.2. The van der Waals surface area contributed by atoms with Gasteiger partial charge in [0, 0.05) is 33.3 Å². The molecule has 0 bridgehead atoms. The normalized spacial score (nSPS) is 12.5. The number of benzene rings is 11. The number of anilines is 6. The summed E-state index contributed by atoms with van der Waals surface area (Å²) in [4.78, 5) is 4.17. The zero-order chi connectivity index (χ0) is 45.6. The molecule has 0 spiro atoms. The summed E-state index contributed by atoms with van der Waals surface area (Å²) in [6, 6.07) is 75.1. The molecule has 0 radical (unpaired) electrons. The van der Waals surface area contributed by atoms with Crippen LogP contribution in [0.3, 0.4) is 0 Å². The van der Waals surface area contributed by atoms with Gasteiger partial charge in [0.25, 0.3) is 0 Å². The zero-order valence-electron chi connectivity index (χ0n) is 37.2. The van der Waals surface area contributed by atoms with Gasteiger partial charge in [-0.25, -0.2) is 8.78 Å². The molecule has 0 N–H and O–H groups in total. The van der Waals surface area contributed by atoms with Gasteiger partial charge in [0.2, 0.25) is 0 Å². The molecule has 0 unspecified atom stereocenters. The van der Waals surface area contributed by atoms with Crippen molar-refractivity contribution in [2.45, 2.75) is 12.8 Å². The van der Waals surface area contributed by atoms with Crippen LogP contribution in [0.5, 0.6) is 0 Å². The Balaban J connectivity index is 1.11. The lowest BCUT2D eigenvalue weighted by atomic mass is 9.90. The minimum absolute atomic E-state index is 0.314. The van der Waals surface area contributed by atoms with Crippen molar-refractivity contribution in [1.29, 1.82) is 0 Å². The van der Waals surface area contributed by atoms with E-state index in [-0.39, 0.29) is 11.6 Å². The fraction of sp³-hybridized carbons (Fsp3) is 0.0312. The summed E-state index contributed by atoms with van der Waals surface area (Å²) in [7, 11) is 0. The Kier molecular flexibility index (Phi) is 10.4. The first kappa shape index (κ1) is 40.9. The van der Waals surface area contributed by atoms with Crippen molar-refractivity contribution in [3.05, 3.63) is 260 Å². The Bertz CT molecular complexity index is 3680. The molecule has 11 aromatic rings. The highest BCUT2D eigenvalue weighted by Crippen LogP contribution is 2.51. The fourth-order valence-electron chi connectivity index (χ4n) is 10.2. The third-order valence-corrected chi connectivity index (χ3v) is 13.3. The van der Waals surface area contributed by atoms with Crippen molar-refractivity contribution >= 4 is 72.0 Å². The lowest BCUT2D eigenvalue weighted by Gasteiger charge is -2.31. The van der Waals surface area contributed by atoms with Crippen LogP contribution in [0.4, 0.5) is 42.9 Å². The van der Waals surface area contributed by atoms with Gasteiger partial charge >= 0.3 is 0 Å². The van der Waals surface area contributed by atoms with Gasteiger partial charge in [0.1, 0.15) is 11.6 Å². The van der Waals surface area contributed by atoms with E-state index in [0.29, 0.717) is 11.4 Å². The second-order valence-corrected chi connectivity index (χ2v) is 17.4. The van der Waals surface area contributed by atoms with Crippen LogP contribution < -0.4 is 9.80 Å². The number of allylic oxidation sites excluding steroid dienone is 4. The van der Waals surface area contributed by atoms with Crippen LogP contribution in [0.15, 0.2) is 243 Å². The maximum atomic E-state index is 17.6.